The number of para-hydroxylation sites is 1. The molecule has 2 aromatic carbocycles. The van der Waals surface area contributed by atoms with Crippen molar-refractivity contribution >= 4 is 35.0 Å². The molecule has 0 radical (unpaired) electrons. The van der Waals surface area contributed by atoms with E-state index in [1.165, 1.54) is 0 Å². The van der Waals surface area contributed by atoms with Crippen LogP contribution in [-0.4, -0.2) is 36.8 Å². The molecule has 2 amide bonds. The maximum absolute atomic E-state index is 12.4. The summed E-state index contributed by atoms with van der Waals surface area (Å²) in [6.07, 6.45) is -4.28. The third kappa shape index (κ3) is 7.62. The number of hydrogen-bond acceptors (Lipinski definition) is 4. The lowest BCUT2D eigenvalue weighted by Gasteiger charge is -2.14. The first-order chi connectivity index (χ1) is 14.0. The van der Waals surface area contributed by atoms with Crippen LogP contribution in [0.5, 0.6) is 0 Å². The summed E-state index contributed by atoms with van der Waals surface area (Å²) in [5, 5.41) is 8.10. The van der Waals surface area contributed by atoms with E-state index in [9.17, 15) is 22.8 Å². The van der Waals surface area contributed by atoms with Crippen LogP contribution in [0.25, 0.3) is 0 Å². The maximum Gasteiger partial charge on any atom is 0.398 e. The molecule has 0 heterocycles. The van der Waals surface area contributed by atoms with Crippen molar-refractivity contribution in [3.63, 3.8) is 0 Å². The molecule has 0 spiro atoms. The Morgan fingerprint density at radius 1 is 0.967 bits per heavy atom. The number of carbonyl (C=O) groups excluding carboxylic acids is 2. The molecule has 3 N–H and O–H groups in total. The van der Waals surface area contributed by atoms with Gasteiger partial charge < -0.3 is 16.0 Å². The quantitative estimate of drug-likeness (QED) is 0.532. The van der Waals surface area contributed by atoms with E-state index < -0.39 is 17.8 Å². The minimum atomic E-state index is -4.28. The van der Waals surface area contributed by atoms with Gasteiger partial charge in [-0.1, -0.05) is 29.8 Å². The molecule has 0 unspecified atom stereocenters. The molecule has 0 fully saturated rings. The molecule has 30 heavy (non-hydrogen) atoms. The second-order valence-electron chi connectivity index (χ2n) is 6.85. The minimum absolute atomic E-state index is 0.167. The third-order valence-corrected chi connectivity index (χ3v) is 5.24. The lowest BCUT2D eigenvalue weighted by molar-refractivity contribution is -0.122. The van der Waals surface area contributed by atoms with Gasteiger partial charge in [0, 0.05) is 16.3 Å². The van der Waals surface area contributed by atoms with Gasteiger partial charge in [0.2, 0.25) is 11.8 Å². The first kappa shape index (κ1) is 23.6. The molecule has 0 saturated heterocycles. The van der Waals surface area contributed by atoms with Crippen LogP contribution in [-0.2, 0) is 9.59 Å². The van der Waals surface area contributed by atoms with Crippen LogP contribution >= 0.6 is 11.8 Å². The van der Waals surface area contributed by atoms with Crippen LogP contribution in [0.2, 0.25) is 0 Å². The lowest BCUT2D eigenvalue weighted by Crippen LogP contribution is -2.36. The molecule has 2 rings (SSSR count). The van der Waals surface area contributed by atoms with Crippen LogP contribution < -0.4 is 16.0 Å². The molecule has 9 heteroatoms. The van der Waals surface area contributed by atoms with Crippen LogP contribution in [0.1, 0.15) is 16.7 Å². The monoisotopic (exact) mass is 439 g/mol. The second-order valence-corrected chi connectivity index (χ2v) is 7.87. The molecule has 0 aliphatic carbocycles. The second kappa shape index (κ2) is 10.4. The number of carbonyl (C=O) groups is 2. The van der Waals surface area contributed by atoms with Gasteiger partial charge in [-0.15, -0.1) is 11.8 Å². The van der Waals surface area contributed by atoms with E-state index in [0.717, 1.165) is 16.7 Å². The van der Waals surface area contributed by atoms with Crippen molar-refractivity contribution in [3.05, 3.63) is 53.1 Å². The number of halogens is 3. The fraction of sp³-hybridized carbons (Fsp3) is 0.333. The summed E-state index contributed by atoms with van der Waals surface area (Å²) in [7, 11) is 0. The Bertz CT molecular complexity index is 894. The molecule has 5 nitrogen and oxygen atoms in total. The van der Waals surface area contributed by atoms with E-state index in [1.807, 2.05) is 32.9 Å². The average Bonchev–Trinajstić information content (AvgIpc) is 2.66. The van der Waals surface area contributed by atoms with Crippen molar-refractivity contribution in [1.82, 2.24) is 5.32 Å². The summed E-state index contributed by atoms with van der Waals surface area (Å²) in [5.41, 5.74) is 4.10. The number of amides is 2. The zero-order chi connectivity index (χ0) is 22.3. The SMILES string of the molecule is Cc1cc(C)c(NC(=O)CNC(=O)CNc2ccccc2SCC(F)(F)F)c(C)c1. The Hall–Kier alpha value is -2.68. The molecule has 162 valence electrons. The molecule has 0 aliphatic rings. The molecular formula is C21H24F3N3O2S. The molecule has 2 aromatic rings. The average molecular weight is 440 g/mol. The summed E-state index contributed by atoms with van der Waals surface area (Å²) in [6, 6.07) is 10.4. The fourth-order valence-electron chi connectivity index (χ4n) is 2.88. The number of benzene rings is 2. The molecule has 0 aliphatic heterocycles. The Morgan fingerprint density at radius 3 is 2.23 bits per heavy atom. The molecule has 0 aromatic heterocycles. The van der Waals surface area contributed by atoms with Gasteiger partial charge in [0.15, 0.2) is 0 Å². The smallest absolute Gasteiger partial charge is 0.375 e. The van der Waals surface area contributed by atoms with Gasteiger partial charge in [-0.05, 0) is 44.0 Å². The lowest BCUT2D eigenvalue weighted by atomic mass is 10.1. The van der Waals surface area contributed by atoms with Gasteiger partial charge in [0.25, 0.3) is 0 Å². The van der Waals surface area contributed by atoms with Crippen molar-refractivity contribution in [1.29, 1.82) is 0 Å². The molecule has 0 saturated carbocycles. The van der Waals surface area contributed by atoms with E-state index in [4.69, 9.17) is 0 Å². The number of thioether (sulfide) groups is 1. The fourth-order valence-corrected chi connectivity index (χ4v) is 3.67. The standard InChI is InChI=1S/C21H24F3N3O2S/c1-13-8-14(2)20(15(3)9-13)27-19(29)11-26-18(28)10-25-16-6-4-5-7-17(16)30-12-21(22,23)24/h4-9,25H,10-12H2,1-3H3,(H,26,28)(H,27,29). The Morgan fingerprint density at radius 2 is 1.60 bits per heavy atom. The van der Waals surface area contributed by atoms with E-state index in [0.29, 0.717) is 28.0 Å². The summed E-state index contributed by atoms with van der Waals surface area (Å²) < 4.78 is 37.3. The number of alkyl halides is 3. The highest BCUT2D eigenvalue weighted by atomic mass is 32.2. The van der Waals surface area contributed by atoms with E-state index >= 15 is 0 Å². The molecule has 0 bridgehead atoms. The summed E-state index contributed by atoms with van der Waals surface area (Å²) in [6.45, 7) is 5.38. The first-order valence-corrected chi connectivity index (χ1v) is 10.2. The van der Waals surface area contributed by atoms with Crippen molar-refractivity contribution < 1.29 is 22.8 Å². The predicted molar refractivity (Wildman–Crippen MR) is 114 cm³/mol. The van der Waals surface area contributed by atoms with E-state index in [-0.39, 0.29) is 19.0 Å². The minimum Gasteiger partial charge on any atom is -0.375 e. The van der Waals surface area contributed by atoms with Crippen LogP contribution in [0.15, 0.2) is 41.3 Å². The Balaban J connectivity index is 1.84. The largest absolute Gasteiger partial charge is 0.398 e. The van der Waals surface area contributed by atoms with E-state index in [1.54, 1.807) is 24.3 Å². The van der Waals surface area contributed by atoms with Crippen molar-refractivity contribution in [2.45, 2.75) is 31.8 Å². The van der Waals surface area contributed by atoms with Crippen LogP contribution in [0, 0.1) is 20.8 Å². The van der Waals surface area contributed by atoms with Crippen molar-refractivity contribution in [2.75, 3.05) is 29.5 Å². The van der Waals surface area contributed by atoms with Crippen LogP contribution in [0.4, 0.5) is 24.5 Å². The van der Waals surface area contributed by atoms with Gasteiger partial charge >= 0.3 is 6.18 Å². The Labute approximate surface area is 177 Å². The number of anilines is 2. The summed E-state index contributed by atoms with van der Waals surface area (Å²) in [5.74, 6) is -1.83. The van der Waals surface area contributed by atoms with Gasteiger partial charge in [-0.2, -0.15) is 13.2 Å². The van der Waals surface area contributed by atoms with Gasteiger partial charge in [-0.25, -0.2) is 0 Å². The normalized spacial score (nSPS) is 11.1. The first-order valence-electron chi connectivity index (χ1n) is 9.22. The van der Waals surface area contributed by atoms with Gasteiger partial charge in [0.1, 0.15) is 0 Å². The summed E-state index contributed by atoms with van der Waals surface area (Å²) in [4.78, 5) is 24.6. The number of nitrogens with one attached hydrogen (secondary N) is 3. The number of hydrogen-bond donors (Lipinski definition) is 3. The topological polar surface area (TPSA) is 70.2 Å². The highest BCUT2D eigenvalue weighted by Crippen LogP contribution is 2.31. The van der Waals surface area contributed by atoms with Gasteiger partial charge in [0.05, 0.1) is 18.8 Å². The molecular weight excluding hydrogens is 415 g/mol. The third-order valence-electron chi connectivity index (χ3n) is 4.11. The van der Waals surface area contributed by atoms with Gasteiger partial charge in [-0.3, -0.25) is 9.59 Å². The zero-order valence-corrected chi connectivity index (χ0v) is 17.8. The van der Waals surface area contributed by atoms with Crippen molar-refractivity contribution in [2.24, 2.45) is 0 Å². The highest BCUT2D eigenvalue weighted by Gasteiger charge is 2.27. The number of aryl methyl sites for hydroxylation is 3. The predicted octanol–water partition coefficient (Wildman–Crippen LogP) is 4.43. The van der Waals surface area contributed by atoms with Crippen molar-refractivity contribution in [3.8, 4) is 0 Å². The summed E-state index contributed by atoms with van der Waals surface area (Å²) >= 11 is 0.645. The Kier molecular flexibility index (Phi) is 8.16. The van der Waals surface area contributed by atoms with E-state index in [2.05, 4.69) is 16.0 Å². The number of rotatable bonds is 8. The highest BCUT2D eigenvalue weighted by molar-refractivity contribution is 7.99. The van der Waals surface area contributed by atoms with Crippen LogP contribution in [0.3, 0.4) is 0 Å². The maximum atomic E-state index is 12.4. The molecule has 0 atom stereocenters. The zero-order valence-electron chi connectivity index (χ0n) is 16.9.